The third-order valence-electron chi connectivity index (χ3n) is 4.88. The quantitative estimate of drug-likeness (QED) is 0.715. The Morgan fingerprint density at radius 2 is 1.78 bits per heavy atom. The number of carbonyl (C=O) groups is 1. The highest BCUT2D eigenvalue weighted by molar-refractivity contribution is 6.01. The molecule has 1 aromatic heterocycles. The minimum atomic E-state index is -0.635. The van der Waals surface area contributed by atoms with Crippen LogP contribution in [0.5, 0.6) is 11.5 Å². The van der Waals surface area contributed by atoms with Crippen LogP contribution in [0.1, 0.15) is 18.5 Å². The monoisotopic (exact) mass is 364 g/mol. The lowest BCUT2D eigenvalue weighted by molar-refractivity contribution is -0.118. The highest BCUT2D eigenvalue weighted by Gasteiger charge is 2.53. The van der Waals surface area contributed by atoms with Gasteiger partial charge in [-0.3, -0.25) is 4.79 Å². The van der Waals surface area contributed by atoms with E-state index in [-0.39, 0.29) is 5.91 Å². The fourth-order valence-electron chi connectivity index (χ4n) is 3.13. The fraction of sp³-hybridized carbons (Fsp3) is 0.238. The Bertz CT molecular complexity index is 961. The largest absolute Gasteiger partial charge is 0.493 e. The molecule has 2 aromatic carbocycles. The molecule has 1 N–H and O–H groups in total. The SMILES string of the molecule is COc1ccc(NC(=O)C2(c3cc(-c4ccccc4)on3)CC2)cc1OC. The Hall–Kier alpha value is -3.28. The maximum atomic E-state index is 12.9. The van der Waals surface area contributed by atoms with Gasteiger partial charge < -0.3 is 19.3 Å². The van der Waals surface area contributed by atoms with Crippen molar-refractivity contribution in [3.8, 4) is 22.8 Å². The van der Waals surface area contributed by atoms with Gasteiger partial charge in [0.15, 0.2) is 17.3 Å². The van der Waals surface area contributed by atoms with Gasteiger partial charge in [-0.25, -0.2) is 0 Å². The Morgan fingerprint density at radius 1 is 1.04 bits per heavy atom. The highest BCUT2D eigenvalue weighted by atomic mass is 16.5. The van der Waals surface area contributed by atoms with Crippen molar-refractivity contribution < 1.29 is 18.8 Å². The lowest BCUT2D eigenvalue weighted by atomic mass is 10.00. The van der Waals surface area contributed by atoms with Crippen LogP contribution in [-0.4, -0.2) is 25.3 Å². The van der Waals surface area contributed by atoms with Crippen LogP contribution in [0.4, 0.5) is 5.69 Å². The summed E-state index contributed by atoms with van der Waals surface area (Å²) in [4.78, 5) is 12.9. The van der Waals surface area contributed by atoms with E-state index in [4.69, 9.17) is 14.0 Å². The number of hydrogen-bond donors (Lipinski definition) is 1. The number of nitrogens with one attached hydrogen (secondary N) is 1. The molecule has 1 aliphatic carbocycles. The molecule has 27 heavy (non-hydrogen) atoms. The Labute approximate surface area is 157 Å². The van der Waals surface area contributed by atoms with E-state index in [1.807, 2.05) is 36.4 Å². The fourth-order valence-corrected chi connectivity index (χ4v) is 3.13. The summed E-state index contributed by atoms with van der Waals surface area (Å²) < 4.78 is 16.0. The first-order valence-electron chi connectivity index (χ1n) is 8.72. The molecule has 0 aliphatic heterocycles. The van der Waals surface area contributed by atoms with Crippen LogP contribution in [0.2, 0.25) is 0 Å². The molecule has 0 saturated heterocycles. The van der Waals surface area contributed by atoms with Crippen LogP contribution < -0.4 is 14.8 Å². The van der Waals surface area contributed by atoms with Crippen LogP contribution in [0.15, 0.2) is 59.1 Å². The van der Waals surface area contributed by atoms with Gasteiger partial charge in [-0.2, -0.15) is 0 Å². The van der Waals surface area contributed by atoms with Crippen molar-refractivity contribution >= 4 is 11.6 Å². The predicted molar refractivity (Wildman–Crippen MR) is 101 cm³/mol. The molecule has 0 spiro atoms. The third kappa shape index (κ3) is 3.14. The van der Waals surface area contributed by atoms with Crippen molar-refractivity contribution in [2.45, 2.75) is 18.3 Å². The van der Waals surface area contributed by atoms with Crippen LogP contribution in [0.25, 0.3) is 11.3 Å². The first-order chi connectivity index (χ1) is 13.2. The zero-order chi connectivity index (χ0) is 18.9. The van der Waals surface area contributed by atoms with Gasteiger partial charge in [-0.05, 0) is 25.0 Å². The van der Waals surface area contributed by atoms with Gasteiger partial charge in [0, 0.05) is 23.4 Å². The molecular formula is C21H20N2O4. The number of rotatable bonds is 6. The second kappa shape index (κ2) is 6.79. The summed E-state index contributed by atoms with van der Waals surface area (Å²) in [6, 6.07) is 16.9. The topological polar surface area (TPSA) is 73.6 Å². The molecule has 0 radical (unpaired) electrons. The van der Waals surface area contributed by atoms with Crippen LogP contribution >= 0.6 is 0 Å². The summed E-state index contributed by atoms with van der Waals surface area (Å²) in [7, 11) is 3.14. The smallest absolute Gasteiger partial charge is 0.236 e. The predicted octanol–water partition coefficient (Wildman–Crippen LogP) is 4.03. The Morgan fingerprint density at radius 3 is 2.44 bits per heavy atom. The van der Waals surface area contributed by atoms with E-state index in [2.05, 4.69) is 10.5 Å². The van der Waals surface area contributed by atoms with Crippen LogP contribution in [0, 0.1) is 0 Å². The minimum Gasteiger partial charge on any atom is -0.493 e. The van der Waals surface area contributed by atoms with Gasteiger partial charge in [-0.1, -0.05) is 35.5 Å². The van der Waals surface area contributed by atoms with E-state index in [9.17, 15) is 4.79 Å². The van der Waals surface area contributed by atoms with Gasteiger partial charge in [-0.15, -0.1) is 0 Å². The molecule has 1 aliphatic rings. The van der Waals surface area contributed by atoms with Crippen molar-refractivity contribution in [2.75, 3.05) is 19.5 Å². The Balaban J connectivity index is 1.55. The van der Waals surface area contributed by atoms with E-state index < -0.39 is 5.41 Å². The lowest BCUT2D eigenvalue weighted by Gasteiger charge is -2.14. The molecule has 1 heterocycles. The number of nitrogens with zero attached hydrogens (tertiary/aromatic N) is 1. The summed E-state index contributed by atoms with van der Waals surface area (Å²) in [5.41, 5.74) is 1.62. The second-order valence-electron chi connectivity index (χ2n) is 6.55. The first kappa shape index (κ1) is 17.1. The summed E-state index contributed by atoms with van der Waals surface area (Å²) in [5, 5.41) is 7.13. The van der Waals surface area contributed by atoms with Gasteiger partial charge in [0.25, 0.3) is 0 Å². The minimum absolute atomic E-state index is 0.0948. The molecule has 6 heteroatoms. The normalized spacial score (nSPS) is 14.4. The maximum Gasteiger partial charge on any atom is 0.236 e. The van der Waals surface area contributed by atoms with Crippen LogP contribution in [0.3, 0.4) is 0 Å². The highest BCUT2D eigenvalue weighted by Crippen LogP contribution is 2.49. The van der Waals surface area contributed by atoms with E-state index in [0.717, 1.165) is 18.4 Å². The summed E-state index contributed by atoms with van der Waals surface area (Å²) in [5.74, 6) is 1.74. The van der Waals surface area contributed by atoms with Gasteiger partial charge in [0.2, 0.25) is 5.91 Å². The number of aromatic nitrogens is 1. The van der Waals surface area contributed by atoms with Crippen molar-refractivity contribution in [1.29, 1.82) is 0 Å². The number of anilines is 1. The molecule has 1 fully saturated rings. The van der Waals surface area contributed by atoms with Crippen molar-refractivity contribution in [2.24, 2.45) is 0 Å². The average molecular weight is 364 g/mol. The number of carbonyl (C=O) groups excluding carboxylic acids is 1. The maximum absolute atomic E-state index is 12.9. The molecule has 0 bridgehead atoms. The van der Waals surface area contributed by atoms with Gasteiger partial charge >= 0.3 is 0 Å². The standard InChI is InChI=1S/C21H20N2O4/c1-25-16-9-8-15(12-18(16)26-2)22-20(24)21(10-11-21)19-13-17(27-23-19)14-6-4-3-5-7-14/h3-9,12-13H,10-11H2,1-2H3,(H,22,24). The van der Waals surface area contributed by atoms with E-state index in [1.54, 1.807) is 32.4 Å². The molecule has 1 amide bonds. The third-order valence-corrected chi connectivity index (χ3v) is 4.88. The molecule has 3 aromatic rings. The summed E-state index contributed by atoms with van der Waals surface area (Å²) >= 11 is 0. The zero-order valence-electron chi connectivity index (χ0n) is 15.2. The van der Waals surface area contributed by atoms with E-state index in [1.165, 1.54) is 0 Å². The number of ether oxygens (including phenoxy) is 2. The molecular weight excluding hydrogens is 344 g/mol. The van der Waals surface area contributed by atoms with Crippen LogP contribution in [-0.2, 0) is 10.2 Å². The molecule has 6 nitrogen and oxygen atoms in total. The molecule has 1 saturated carbocycles. The van der Waals surface area contributed by atoms with Crippen molar-refractivity contribution in [3.63, 3.8) is 0 Å². The molecule has 0 unspecified atom stereocenters. The van der Waals surface area contributed by atoms with E-state index in [0.29, 0.717) is 28.6 Å². The number of amides is 1. The summed E-state index contributed by atoms with van der Waals surface area (Å²) in [6.45, 7) is 0. The summed E-state index contributed by atoms with van der Waals surface area (Å²) in [6.07, 6.45) is 1.49. The van der Waals surface area contributed by atoms with Gasteiger partial charge in [0.1, 0.15) is 0 Å². The number of benzene rings is 2. The van der Waals surface area contributed by atoms with E-state index >= 15 is 0 Å². The number of hydrogen-bond acceptors (Lipinski definition) is 5. The van der Waals surface area contributed by atoms with Gasteiger partial charge in [0.05, 0.1) is 25.3 Å². The molecule has 0 atom stereocenters. The first-order valence-corrected chi connectivity index (χ1v) is 8.72. The van der Waals surface area contributed by atoms with Crippen molar-refractivity contribution in [1.82, 2.24) is 5.16 Å². The average Bonchev–Trinajstić information content (AvgIpc) is 3.38. The zero-order valence-corrected chi connectivity index (χ0v) is 15.2. The lowest BCUT2D eigenvalue weighted by Crippen LogP contribution is -2.28. The Kier molecular flexibility index (Phi) is 4.32. The number of methoxy groups -OCH3 is 2. The molecule has 138 valence electrons. The van der Waals surface area contributed by atoms with Crippen molar-refractivity contribution in [3.05, 3.63) is 60.3 Å². The molecule has 4 rings (SSSR count). The second-order valence-corrected chi connectivity index (χ2v) is 6.55.